The lowest BCUT2D eigenvalue weighted by Gasteiger charge is -2.32. The van der Waals surface area contributed by atoms with Gasteiger partial charge in [-0.2, -0.15) is 0 Å². The number of hydrogen-bond acceptors (Lipinski definition) is 4. The summed E-state index contributed by atoms with van der Waals surface area (Å²) in [5, 5.41) is 0. The second-order valence-electron chi connectivity index (χ2n) is 3.78. The lowest BCUT2D eigenvalue weighted by atomic mass is 10.9. The van der Waals surface area contributed by atoms with Crippen LogP contribution in [0.5, 0.6) is 0 Å². The normalized spacial score (nSPS) is 14.6. The van der Waals surface area contributed by atoms with Crippen molar-refractivity contribution in [3.05, 3.63) is 0 Å². The van der Waals surface area contributed by atoms with E-state index < -0.39 is 27.9 Å². The van der Waals surface area contributed by atoms with E-state index >= 15 is 0 Å². The Morgan fingerprint density at radius 2 is 1.65 bits per heavy atom. The molecule has 7 heteroatoms. The van der Waals surface area contributed by atoms with E-state index in [0.717, 1.165) is 31.3 Å². The summed E-state index contributed by atoms with van der Waals surface area (Å²) >= 11 is 0. The first-order valence-electron chi connectivity index (χ1n) is 6.69. The van der Waals surface area contributed by atoms with Gasteiger partial charge < -0.3 is 17.1 Å². The van der Waals surface area contributed by atoms with Crippen LogP contribution >= 0.6 is 0 Å². The van der Waals surface area contributed by atoms with Gasteiger partial charge in [-0.3, -0.25) is 0 Å². The molecule has 0 heterocycles. The minimum atomic E-state index is -1.98. The van der Waals surface area contributed by atoms with E-state index in [2.05, 4.69) is 20.8 Å². The second-order valence-corrected chi connectivity index (χ2v) is 11.9. The van der Waals surface area contributed by atoms with Gasteiger partial charge in [-0.05, 0) is 32.0 Å². The summed E-state index contributed by atoms with van der Waals surface area (Å²) in [5.74, 6) is 0. The van der Waals surface area contributed by atoms with Crippen molar-refractivity contribution in [2.45, 2.75) is 52.8 Å². The molecule has 1 atom stereocenters. The summed E-state index contributed by atoms with van der Waals surface area (Å²) < 4.78 is 23.4. The van der Waals surface area contributed by atoms with Gasteiger partial charge in [0, 0.05) is 13.2 Å². The van der Waals surface area contributed by atoms with E-state index in [4.69, 9.17) is 17.1 Å². The Hall–Kier alpha value is 0.491. The number of rotatable bonds is 11. The monoisotopic (exact) mass is 296 g/mol. The van der Waals surface area contributed by atoms with Crippen molar-refractivity contribution in [2.24, 2.45) is 0 Å². The Kier molecular flexibility index (Phi) is 10.7. The summed E-state index contributed by atoms with van der Waals surface area (Å²) in [6, 6.07) is 2.99. The van der Waals surface area contributed by atoms with Gasteiger partial charge in [0.1, 0.15) is 0 Å². The first-order chi connectivity index (χ1) is 8.17. The largest absolute Gasteiger partial charge is 0.422 e. The van der Waals surface area contributed by atoms with Gasteiger partial charge in [-0.1, -0.05) is 20.8 Å². The van der Waals surface area contributed by atoms with E-state index in [1.807, 2.05) is 13.8 Å². The molecule has 0 aromatic heterocycles. The molecule has 0 saturated heterocycles. The highest BCUT2D eigenvalue weighted by Gasteiger charge is 2.36. The van der Waals surface area contributed by atoms with Gasteiger partial charge in [0.15, 0.2) is 0 Å². The minimum absolute atomic E-state index is 0.738. The topological polar surface area (TPSA) is 36.9 Å². The fraction of sp³-hybridized carbons (Fsp3) is 1.00. The van der Waals surface area contributed by atoms with Crippen LogP contribution in [0.4, 0.5) is 0 Å². The molecular formula is C10H28O4Si3. The van der Waals surface area contributed by atoms with Crippen LogP contribution in [0.15, 0.2) is 0 Å². The first-order valence-corrected chi connectivity index (χ1v) is 11.8. The smallest absolute Gasteiger partial charge is 0.328 e. The highest BCUT2D eigenvalue weighted by atomic mass is 28.4. The van der Waals surface area contributed by atoms with Crippen molar-refractivity contribution in [1.82, 2.24) is 0 Å². The predicted molar refractivity (Wildman–Crippen MR) is 78.3 cm³/mol. The molecule has 0 amide bonds. The third-order valence-electron chi connectivity index (χ3n) is 2.71. The van der Waals surface area contributed by atoms with Gasteiger partial charge in [-0.25, -0.2) is 0 Å². The maximum absolute atomic E-state index is 6.26. The third-order valence-corrected chi connectivity index (χ3v) is 11.7. The third kappa shape index (κ3) is 6.85. The van der Waals surface area contributed by atoms with Crippen LogP contribution in [0.1, 0.15) is 34.6 Å². The van der Waals surface area contributed by atoms with E-state index in [9.17, 15) is 0 Å². The Labute approximate surface area is 111 Å². The molecule has 0 aliphatic heterocycles. The van der Waals surface area contributed by atoms with Crippen LogP contribution in [-0.4, -0.2) is 41.1 Å². The van der Waals surface area contributed by atoms with E-state index in [0.29, 0.717) is 0 Å². The molecule has 0 radical (unpaired) electrons. The first kappa shape index (κ1) is 17.5. The molecule has 0 aromatic carbocycles. The molecule has 0 aliphatic carbocycles. The SMILES string of the molecule is CCO[SiH2]O[SiH](CC)O[Si](CC)(CC)OCC. The molecule has 104 valence electrons. The average molecular weight is 297 g/mol. The van der Waals surface area contributed by atoms with Crippen LogP contribution in [0.2, 0.25) is 18.1 Å². The highest BCUT2D eigenvalue weighted by Crippen LogP contribution is 2.20. The van der Waals surface area contributed by atoms with E-state index in [1.165, 1.54) is 0 Å². The van der Waals surface area contributed by atoms with Gasteiger partial charge in [-0.15, -0.1) is 0 Å². The van der Waals surface area contributed by atoms with Crippen molar-refractivity contribution >= 4 is 27.9 Å². The molecule has 1 unspecified atom stereocenters. The number of hydrogen-bond donors (Lipinski definition) is 0. The summed E-state index contributed by atoms with van der Waals surface area (Å²) in [4.78, 5) is 0. The van der Waals surface area contributed by atoms with E-state index in [1.54, 1.807) is 0 Å². The Morgan fingerprint density at radius 1 is 1.00 bits per heavy atom. The van der Waals surface area contributed by atoms with Gasteiger partial charge >= 0.3 is 17.8 Å². The zero-order valence-electron chi connectivity index (χ0n) is 12.0. The van der Waals surface area contributed by atoms with Crippen LogP contribution in [0.25, 0.3) is 0 Å². The van der Waals surface area contributed by atoms with Crippen molar-refractivity contribution in [3.8, 4) is 0 Å². The molecule has 17 heavy (non-hydrogen) atoms. The summed E-state index contributed by atoms with van der Waals surface area (Å²) in [6.45, 7) is 12.0. The molecule has 4 nitrogen and oxygen atoms in total. The van der Waals surface area contributed by atoms with Crippen molar-refractivity contribution in [2.75, 3.05) is 13.2 Å². The zero-order valence-corrected chi connectivity index (χ0v) is 15.5. The summed E-state index contributed by atoms with van der Waals surface area (Å²) in [6.07, 6.45) is 0. The molecule has 0 saturated carbocycles. The summed E-state index contributed by atoms with van der Waals surface area (Å²) in [5.41, 5.74) is 0. The van der Waals surface area contributed by atoms with Crippen LogP contribution in [-0.2, 0) is 17.1 Å². The molecule has 0 bridgehead atoms. The van der Waals surface area contributed by atoms with Gasteiger partial charge in [0.25, 0.3) is 10.0 Å². The zero-order chi connectivity index (χ0) is 13.1. The van der Waals surface area contributed by atoms with Crippen molar-refractivity contribution < 1.29 is 17.1 Å². The van der Waals surface area contributed by atoms with Crippen LogP contribution in [0.3, 0.4) is 0 Å². The van der Waals surface area contributed by atoms with Gasteiger partial charge in [0.05, 0.1) is 0 Å². The average Bonchev–Trinajstić information content (AvgIpc) is 2.37. The highest BCUT2D eigenvalue weighted by molar-refractivity contribution is 6.74. The van der Waals surface area contributed by atoms with Crippen LogP contribution in [0, 0.1) is 0 Å². The second kappa shape index (κ2) is 10.4. The minimum Gasteiger partial charge on any atom is -0.422 e. The standard InChI is InChI=1S/C10H28O4Si3/c1-6-11-15-13-16(8-3)14-17(9-4,10-5)12-7-2/h16H,6-10,15H2,1-5H3. The molecule has 0 N–H and O–H groups in total. The summed E-state index contributed by atoms with van der Waals surface area (Å²) in [7, 11) is -4.39. The molecule has 0 rings (SSSR count). The molecule has 0 aromatic rings. The maximum Gasteiger partial charge on any atom is 0.328 e. The fourth-order valence-corrected chi connectivity index (χ4v) is 10.2. The quantitative estimate of drug-likeness (QED) is 0.430. The van der Waals surface area contributed by atoms with Crippen LogP contribution < -0.4 is 0 Å². The predicted octanol–water partition coefficient (Wildman–Crippen LogP) is 1.81. The van der Waals surface area contributed by atoms with Crippen molar-refractivity contribution in [3.63, 3.8) is 0 Å². The lowest BCUT2D eigenvalue weighted by molar-refractivity contribution is 0.230. The Bertz CT molecular complexity index is 179. The maximum atomic E-state index is 6.26. The molecule has 0 fully saturated rings. The fourth-order valence-electron chi connectivity index (χ4n) is 1.60. The lowest BCUT2D eigenvalue weighted by Crippen LogP contribution is -2.47. The van der Waals surface area contributed by atoms with Crippen molar-refractivity contribution in [1.29, 1.82) is 0 Å². The van der Waals surface area contributed by atoms with Gasteiger partial charge in [0.2, 0.25) is 0 Å². The molecule has 0 spiro atoms. The van der Waals surface area contributed by atoms with E-state index in [-0.39, 0.29) is 0 Å². The molecule has 0 aliphatic rings. The Balaban J connectivity index is 4.26. The molecular weight excluding hydrogens is 268 g/mol. The Morgan fingerprint density at radius 3 is 2.06 bits per heavy atom.